The summed E-state index contributed by atoms with van der Waals surface area (Å²) in [6.45, 7) is 0. The zero-order valence-electron chi connectivity index (χ0n) is 10.3. The van der Waals surface area contributed by atoms with Crippen LogP contribution in [0.3, 0.4) is 0 Å². The summed E-state index contributed by atoms with van der Waals surface area (Å²) >= 11 is 5.67. The Balaban J connectivity index is 2.12. The van der Waals surface area contributed by atoms with Gasteiger partial charge in [-0.1, -0.05) is 23.7 Å². The van der Waals surface area contributed by atoms with Crippen molar-refractivity contribution in [3.8, 4) is 5.75 Å². The summed E-state index contributed by atoms with van der Waals surface area (Å²) in [6.07, 6.45) is 1.05. The van der Waals surface area contributed by atoms with E-state index >= 15 is 0 Å². The third kappa shape index (κ3) is 3.43. The van der Waals surface area contributed by atoms with E-state index in [-0.39, 0.29) is 5.75 Å². The minimum Gasteiger partial charge on any atom is -0.494 e. The van der Waals surface area contributed by atoms with Crippen LogP contribution >= 0.6 is 11.6 Å². The number of benzene rings is 1. The van der Waals surface area contributed by atoms with Crippen LogP contribution in [0.2, 0.25) is 5.15 Å². The molecule has 0 aliphatic heterocycles. The summed E-state index contributed by atoms with van der Waals surface area (Å²) in [5, 5.41) is 10.4. The monoisotopic (exact) mass is 281 g/mol. The van der Waals surface area contributed by atoms with E-state index in [9.17, 15) is 9.50 Å². The van der Waals surface area contributed by atoms with Crippen molar-refractivity contribution in [2.75, 3.05) is 7.11 Å². The molecule has 3 nitrogen and oxygen atoms in total. The number of methoxy groups -OCH3 is 1. The molecular weight excluding hydrogens is 269 g/mol. The van der Waals surface area contributed by atoms with Gasteiger partial charge >= 0.3 is 0 Å². The van der Waals surface area contributed by atoms with Crippen molar-refractivity contribution in [1.29, 1.82) is 0 Å². The second kappa shape index (κ2) is 5.99. The van der Waals surface area contributed by atoms with E-state index in [1.807, 2.05) is 0 Å². The van der Waals surface area contributed by atoms with Crippen molar-refractivity contribution in [2.45, 2.75) is 12.5 Å². The molecule has 1 unspecified atom stereocenters. The first-order valence-electron chi connectivity index (χ1n) is 5.72. The maximum atomic E-state index is 13.5. The lowest BCUT2D eigenvalue weighted by Gasteiger charge is -2.11. The van der Waals surface area contributed by atoms with Crippen LogP contribution in [0.5, 0.6) is 5.75 Å². The Hall–Kier alpha value is -1.65. The molecule has 0 amide bonds. The quantitative estimate of drug-likeness (QED) is 0.876. The predicted octanol–water partition coefficient (Wildman–Crippen LogP) is 3.16. The minimum absolute atomic E-state index is 0.186. The highest BCUT2D eigenvalue weighted by molar-refractivity contribution is 6.29. The zero-order chi connectivity index (χ0) is 13.8. The van der Waals surface area contributed by atoms with E-state index in [0.717, 1.165) is 0 Å². The maximum Gasteiger partial charge on any atom is 0.165 e. The molecule has 1 N–H and O–H groups in total. The highest BCUT2D eigenvalue weighted by Crippen LogP contribution is 2.22. The zero-order valence-corrected chi connectivity index (χ0v) is 11.1. The molecule has 0 fully saturated rings. The number of ether oxygens (including phenoxy) is 1. The first-order valence-corrected chi connectivity index (χ1v) is 6.10. The second-order valence-electron chi connectivity index (χ2n) is 4.10. The maximum absolute atomic E-state index is 13.5. The number of halogens is 2. The molecule has 2 aromatic rings. The van der Waals surface area contributed by atoms with Crippen LogP contribution in [-0.2, 0) is 6.42 Å². The number of hydrogen-bond acceptors (Lipinski definition) is 3. The summed E-state index contributed by atoms with van der Waals surface area (Å²) in [5.74, 6) is -0.257. The van der Waals surface area contributed by atoms with Crippen molar-refractivity contribution in [2.24, 2.45) is 0 Å². The Labute approximate surface area is 115 Å². The van der Waals surface area contributed by atoms with Crippen molar-refractivity contribution in [3.05, 3.63) is 58.6 Å². The number of hydrogen-bond donors (Lipinski definition) is 1. The van der Waals surface area contributed by atoms with Crippen LogP contribution < -0.4 is 4.74 Å². The van der Waals surface area contributed by atoms with Crippen LogP contribution in [0.15, 0.2) is 36.5 Å². The van der Waals surface area contributed by atoms with Crippen molar-refractivity contribution < 1.29 is 14.2 Å². The average molecular weight is 282 g/mol. The molecule has 2 rings (SSSR count). The fourth-order valence-corrected chi connectivity index (χ4v) is 1.87. The van der Waals surface area contributed by atoms with Gasteiger partial charge in [0.2, 0.25) is 0 Å². The summed E-state index contributed by atoms with van der Waals surface area (Å²) in [6, 6.07) is 7.91. The minimum atomic E-state index is -0.752. The van der Waals surface area contributed by atoms with Crippen LogP contribution in [0.25, 0.3) is 0 Å². The largest absolute Gasteiger partial charge is 0.494 e. The molecule has 1 atom stereocenters. The molecule has 100 valence electrons. The molecule has 0 spiro atoms. The summed E-state index contributed by atoms with van der Waals surface area (Å²) in [7, 11) is 1.41. The fourth-order valence-electron chi connectivity index (χ4n) is 1.76. The topological polar surface area (TPSA) is 42.4 Å². The van der Waals surface area contributed by atoms with E-state index in [2.05, 4.69) is 4.98 Å². The van der Waals surface area contributed by atoms with Crippen molar-refractivity contribution in [1.82, 2.24) is 4.98 Å². The van der Waals surface area contributed by atoms with Gasteiger partial charge in [-0.2, -0.15) is 0 Å². The highest BCUT2D eigenvalue weighted by Gasteiger charge is 2.11. The van der Waals surface area contributed by atoms with Crippen molar-refractivity contribution in [3.63, 3.8) is 0 Å². The molecule has 0 aliphatic rings. The molecule has 0 bridgehead atoms. The molecule has 1 aromatic carbocycles. The smallest absolute Gasteiger partial charge is 0.165 e. The Kier molecular flexibility index (Phi) is 4.35. The first kappa shape index (κ1) is 13.8. The van der Waals surface area contributed by atoms with E-state index in [1.165, 1.54) is 25.4 Å². The highest BCUT2D eigenvalue weighted by atomic mass is 35.5. The van der Waals surface area contributed by atoms with Gasteiger partial charge in [-0.05, 0) is 29.3 Å². The lowest BCUT2D eigenvalue weighted by Crippen LogP contribution is -2.03. The number of aromatic nitrogens is 1. The molecule has 0 saturated heterocycles. The van der Waals surface area contributed by atoms with Gasteiger partial charge in [-0.15, -0.1) is 0 Å². The number of nitrogens with zero attached hydrogens (tertiary/aromatic N) is 1. The number of aliphatic hydroxyl groups is 1. The molecule has 19 heavy (non-hydrogen) atoms. The van der Waals surface area contributed by atoms with Gasteiger partial charge in [0.1, 0.15) is 5.15 Å². The van der Waals surface area contributed by atoms with E-state index in [1.54, 1.807) is 18.2 Å². The molecule has 5 heteroatoms. The number of rotatable bonds is 4. The third-order valence-electron chi connectivity index (χ3n) is 2.78. The normalized spacial score (nSPS) is 12.2. The van der Waals surface area contributed by atoms with Gasteiger partial charge in [-0.25, -0.2) is 9.37 Å². The number of pyridine rings is 1. The van der Waals surface area contributed by atoms with Crippen LogP contribution in [0.4, 0.5) is 4.39 Å². The van der Waals surface area contributed by atoms with Crippen molar-refractivity contribution >= 4 is 11.6 Å². The molecule has 0 saturated carbocycles. The van der Waals surface area contributed by atoms with Gasteiger partial charge in [-0.3, -0.25) is 0 Å². The molecular formula is C14H13ClFNO2. The van der Waals surface area contributed by atoms with Crippen LogP contribution in [0.1, 0.15) is 17.2 Å². The molecule has 0 aliphatic carbocycles. The summed E-state index contributed by atoms with van der Waals surface area (Å²) in [4.78, 5) is 3.90. The third-order valence-corrected chi connectivity index (χ3v) is 3.00. The van der Waals surface area contributed by atoms with E-state index in [4.69, 9.17) is 16.3 Å². The van der Waals surface area contributed by atoms with Gasteiger partial charge < -0.3 is 9.84 Å². The van der Waals surface area contributed by atoms with Gasteiger partial charge in [0.25, 0.3) is 0 Å². The molecule has 1 aromatic heterocycles. The Morgan fingerprint density at radius 1 is 1.37 bits per heavy atom. The van der Waals surface area contributed by atoms with Gasteiger partial charge in [0.15, 0.2) is 11.6 Å². The average Bonchev–Trinajstić information content (AvgIpc) is 2.39. The Morgan fingerprint density at radius 3 is 2.74 bits per heavy atom. The van der Waals surface area contributed by atoms with E-state index in [0.29, 0.717) is 22.7 Å². The predicted molar refractivity (Wildman–Crippen MR) is 70.9 cm³/mol. The lowest BCUT2D eigenvalue weighted by atomic mass is 10.0. The molecule has 1 heterocycles. The lowest BCUT2D eigenvalue weighted by molar-refractivity contribution is 0.178. The van der Waals surface area contributed by atoms with Gasteiger partial charge in [0.05, 0.1) is 13.2 Å². The van der Waals surface area contributed by atoms with E-state index < -0.39 is 11.9 Å². The van der Waals surface area contributed by atoms with Crippen LogP contribution in [-0.4, -0.2) is 17.2 Å². The Morgan fingerprint density at radius 2 is 2.16 bits per heavy atom. The second-order valence-corrected chi connectivity index (χ2v) is 4.49. The fraction of sp³-hybridized carbons (Fsp3) is 0.214. The SMILES string of the molecule is COc1ccc(CC(O)c2ccc(Cl)nc2)cc1F. The Bertz CT molecular complexity index is 560. The number of aliphatic hydroxyl groups excluding tert-OH is 1. The standard InChI is InChI=1S/C14H13ClFNO2/c1-19-13-4-2-9(6-11(13)16)7-12(18)10-3-5-14(15)17-8-10/h2-6,8,12,18H,7H2,1H3. The summed E-state index contributed by atoms with van der Waals surface area (Å²) < 4.78 is 18.4. The summed E-state index contributed by atoms with van der Waals surface area (Å²) in [5.41, 5.74) is 1.32. The van der Waals surface area contributed by atoms with Crippen LogP contribution in [0, 0.1) is 5.82 Å². The molecule has 0 radical (unpaired) electrons. The first-order chi connectivity index (χ1) is 9.10. The van der Waals surface area contributed by atoms with Gasteiger partial charge in [0, 0.05) is 12.6 Å².